The molecular weight excluding hydrogens is 471 g/mol. The van der Waals surface area contributed by atoms with E-state index in [1.807, 2.05) is 18.2 Å². The number of aryl methyl sites for hydroxylation is 1. The van der Waals surface area contributed by atoms with Gasteiger partial charge in [0.15, 0.2) is 0 Å². The SMILES string of the molecule is CCc1ccc2oc(-c3ccccc3)cc(=[NH+]c3ccc(N4CCOCC4)cc3)c2c1.F[B-](F)(F)F. The van der Waals surface area contributed by atoms with Crippen molar-refractivity contribution >= 4 is 29.6 Å². The Labute approximate surface area is 207 Å². The fourth-order valence-electron chi connectivity index (χ4n) is 4.03. The average molecular weight is 498 g/mol. The van der Waals surface area contributed by atoms with Crippen molar-refractivity contribution in [3.8, 4) is 11.3 Å². The van der Waals surface area contributed by atoms with Crippen LogP contribution in [0.15, 0.2) is 83.3 Å². The molecule has 1 aliphatic rings. The summed E-state index contributed by atoms with van der Waals surface area (Å²) in [5.41, 5.74) is 5.53. The molecule has 0 atom stereocenters. The zero-order valence-electron chi connectivity index (χ0n) is 19.9. The number of nitrogens with zero attached hydrogens (tertiary/aromatic N) is 1. The number of ether oxygens (including phenoxy) is 1. The number of rotatable bonds is 4. The Kier molecular flexibility index (Phi) is 8.10. The molecule has 0 unspecified atom stereocenters. The average Bonchev–Trinajstić information content (AvgIpc) is 2.89. The summed E-state index contributed by atoms with van der Waals surface area (Å²) in [6, 6.07) is 27.4. The van der Waals surface area contributed by atoms with Crippen molar-refractivity contribution in [1.29, 1.82) is 0 Å². The molecule has 9 heteroatoms. The van der Waals surface area contributed by atoms with Crippen LogP contribution in [0.2, 0.25) is 0 Å². The summed E-state index contributed by atoms with van der Waals surface area (Å²) in [7, 11) is -6.00. The van der Waals surface area contributed by atoms with Gasteiger partial charge in [-0.25, -0.2) is 4.99 Å². The molecule has 4 aromatic rings. The Balaban J connectivity index is 0.000000556. The van der Waals surface area contributed by atoms with Gasteiger partial charge in [-0.15, -0.1) is 0 Å². The highest BCUT2D eigenvalue weighted by molar-refractivity contribution is 6.50. The molecule has 1 saturated heterocycles. The molecular formula is C27H27BF4N2O2. The van der Waals surface area contributed by atoms with E-state index in [2.05, 4.69) is 77.5 Å². The topological polar surface area (TPSA) is 39.6 Å². The smallest absolute Gasteiger partial charge is 0.456 e. The first-order chi connectivity index (χ1) is 17.3. The van der Waals surface area contributed by atoms with E-state index in [0.29, 0.717) is 0 Å². The van der Waals surface area contributed by atoms with Crippen LogP contribution in [-0.2, 0) is 11.2 Å². The van der Waals surface area contributed by atoms with E-state index < -0.39 is 7.25 Å². The maximum atomic E-state index is 9.75. The maximum absolute atomic E-state index is 9.75. The fraction of sp³-hybridized carbons (Fsp3) is 0.222. The van der Waals surface area contributed by atoms with Gasteiger partial charge in [0.25, 0.3) is 0 Å². The molecule has 0 saturated carbocycles. The van der Waals surface area contributed by atoms with E-state index in [0.717, 1.165) is 66.1 Å². The molecule has 1 fully saturated rings. The molecule has 0 amide bonds. The molecule has 4 nitrogen and oxygen atoms in total. The molecule has 1 N–H and O–H groups in total. The van der Waals surface area contributed by atoms with Crippen molar-refractivity contribution in [2.75, 3.05) is 31.2 Å². The summed E-state index contributed by atoms with van der Waals surface area (Å²) < 4.78 is 50.7. The summed E-state index contributed by atoms with van der Waals surface area (Å²) in [5.74, 6) is 0.852. The first kappa shape index (κ1) is 25.5. The third-order valence-electron chi connectivity index (χ3n) is 5.82. The van der Waals surface area contributed by atoms with Crippen LogP contribution in [0.4, 0.5) is 28.6 Å². The molecule has 5 rings (SSSR count). The normalized spacial score (nSPS) is 14.5. The first-order valence-corrected chi connectivity index (χ1v) is 11.8. The number of nitrogens with one attached hydrogen (secondary N) is 1. The first-order valence-electron chi connectivity index (χ1n) is 11.8. The van der Waals surface area contributed by atoms with Gasteiger partial charge in [0.1, 0.15) is 11.3 Å². The van der Waals surface area contributed by atoms with E-state index >= 15 is 0 Å². The molecule has 2 heterocycles. The largest absolute Gasteiger partial charge is 0.673 e. The van der Waals surface area contributed by atoms with Gasteiger partial charge in [0.2, 0.25) is 11.0 Å². The van der Waals surface area contributed by atoms with E-state index in [4.69, 9.17) is 9.15 Å². The molecule has 3 aromatic carbocycles. The second-order valence-corrected chi connectivity index (χ2v) is 8.34. The highest BCUT2D eigenvalue weighted by Crippen LogP contribution is 2.22. The maximum Gasteiger partial charge on any atom is 0.673 e. The van der Waals surface area contributed by atoms with Gasteiger partial charge in [-0.05, 0) is 36.2 Å². The van der Waals surface area contributed by atoms with E-state index in [-0.39, 0.29) is 0 Å². The molecule has 36 heavy (non-hydrogen) atoms. The Hall–Kier alpha value is -3.59. The molecule has 188 valence electrons. The lowest BCUT2D eigenvalue weighted by molar-refractivity contribution is -0.400. The van der Waals surface area contributed by atoms with Gasteiger partial charge >= 0.3 is 7.25 Å². The molecule has 1 aromatic heterocycles. The number of anilines is 1. The van der Waals surface area contributed by atoms with Crippen molar-refractivity contribution < 1.29 is 31.4 Å². The minimum atomic E-state index is -6.00. The van der Waals surface area contributed by atoms with Crippen LogP contribution in [0.3, 0.4) is 0 Å². The Morgan fingerprint density at radius 3 is 2.17 bits per heavy atom. The summed E-state index contributed by atoms with van der Waals surface area (Å²) >= 11 is 0. The monoisotopic (exact) mass is 498 g/mol. The van der Waals surface area contributed by atoms with Crippen LogP contribution in [0.25, 0.3) is 22.3 Å². The summed E-state index contributed by atoms with van der Waals surface area (Å²) in [5, 5.41) is 2.14. The van der Waals surface area contributed by atoms with Crippen LogP contribution >= 0.6 is 0 Å². The minimum absolute atomic E-state index is 0.793. The molecule has 1 aliphatic heterocycles. The predicted molar refractivity (Wildman–Crippen MR) is 134 cm³/mol. The summed E-state index contributed by atoms with van der Waals surface area (Å²) in [4.78, 5) is 6.00. The van der Waals surface area contributed by atoms with Crippen LogP contribution in [0.1, 0.15) is 12.5 Å². The third-order valence-corrected chi connectivity index (χ3v) is 5.82. The third kappa shape index (κ3) is 6.98. The lowest BCUT2D eigenvalue weighted by Crippen LogP contribution is -2.70. The van der Waals surface area contributed by atoms with Crippen LogP contribution < -0.4 is 15.2 Å². The lowest BCUT2D eigenvalue weighted by atomic mass is 10.1. The summed E-state index contributed by atoms with van der Waals surface area (Å²) in [6.45, 7) is 5.65. The number of halogens is 4. The van der Waals surface area contributed by atoms with Crippen LogP contribution in [0.5, 0.6) is 0 Å². The lowest BCUT2D eigenvalue weighted by Gasteiger charge is -2.28. The highest BCUT2D eigenvalue weighted by Gasteiger charge is 2.20. The Morgan fingerprint density at radius 2 is 1.53 bits per heavy atom. The van der Waals surface area contributed by atoms with E-state index in [9.17, 15) is 17.3 Å². The van der Waals surface area contributed by atoms with Crippen molar-refractivity contribution in [3.63, 3.8) is 0 Å². The highest BCUT2D eigenvalue weighted by atomic mass is 19.5. The van der Waals surface area contributed by atoms with Crippen LogP contribution in [-0.4, -0.2) is 33.6 Å². The van der Waals surface area contributed by atoms with Crippen molar-refractivity contribution in [1.82, 2.24) is 0 Å². The fourth-order valence-corrected chi connectivity index (χ4v) is 4.03. The van der Waals surface area contributed by atoms with Crippen molar-refractivity contribution in [3.05, 3.63) is 89.8 Å². The Bertz CT molecular complexity index is 1340. The second-order valence-electron chi connectivity index (χ2n) is 8.34. The number of hydrogen-bond acceptors (Lipinski definition) is 3. The number of benzene rings is 3. The second kappa shape index (κ2) is 11.4. The molecule has 0 radical (unpaired) electrons. The van der Waals surface area contributed by atoms with Gasteiger partial charge in [-0.1, -0.05) is 43.3 Å². The minimum Gasteiger partial charge on any atom is -0.456 e. The Morgan fingerprint density at radius 1 is 0.861 bits per heavy atom. The summed E-state index contributed by atoms with van der Waals surface area (Å²) in [6.07, 6.45) is 0.990. The quantitative estimate of drug-likeness (QED) is 0.314. The van der Waals surface area contributed by atoms with Gasteiger partial charge in [0.05, 0.1) is 24.7 Å². The van der Waals surface area contributed by atoms with Gasteiger partial charge in [0, 0.05) is 36.5 Å². The van der Waals surface area contributed by atoms with E-state index in [1.54, 1.807) is 0 Å². The van der Waals surface area contributed by atoms with Crippen LogP contribution in [0, 0.1) is 0 Å². The molecule has 0 bridgehead atoms. The number of hydrogen-bond donors (Lipinski definition) is 1. The zero-order chi connectivity index (χ0) is 25.5. The van der Waals surface area contributed by atoms with Gasteiger partial charge < -0.3 is 31.3 Å². The zero-order valence-corrected chi connectivity index (χ0v) is 19.9. The van der Waals surface area contributed by atoms with Gasteiger partial charge in [-0.3, -0.25) is 0 Å². The number of fused-ring (bicyclic) bond motifs is 1. The van der Waals surface area contributed by atoms with Crippen molar-refractivity contribution in [2.24, 2.45) is 0 Å². The van der Waals surface area contributed by atoms with Crippen molar-refractivity contribution in [2.45, 2.75) is 13.3 Å². The van der Waals surface area contributed by atoms with Gasteiger partial charge in [-0.2, -0.15) is 0 Å². The van der Waals surface area contributed by atoms with E-state index in [1.165, 1.54) is 11.3 Å². The number of morpholine rings is 1. The predicted octanol–water partition coefficient (Wildman–Crippen LogP) is 5.11. The molecule has 0 aliphatic carbocycles. The molecule has 0 spiro atoms. The standard InChI is InChI=1S/C27H26N2O2.BF4/c1-2-20-8-13-26-24(18-20)25(19-27(31-26)21-6-4-3-5-7-21)28-22-9-11-23(12-10-22)29-14-16-30-17-15-29;2-1(3,4)5/h3-13,18-19H,2,14-17H2,1H3;/q;-1/p+1.